The molecule has 0 aliphatic carbocycles. The van der Waals surface area contributed by atoms with Crippen molar-refractivity contribution in [3.05, 3.63) is 131 Å². The number of hydrogen-bond acceptors (Lipinski definition) is 11. The Labute approximate surface area is 396 Å². The van der Waals surface area contributed by atoms with Gasteiger partial charge in [-0.1, -0.05) is 84.9 Å². The standard InChI is InChI=1S/C21H23NO6.C13H15NO5.C8H9ClO.C4H8O.Na.H/c1-26-17-9-7-16(8-10-17)13-27-18-11-19(20(23)24)22(12-18)21(25)28-14-15-5-3-2-4-6-15;15-10-6-11(12(16)17)14(7-10)13(18)19-8-9-4-2-1-3-5-9;1-10-8-4-2-7(6-9)3-5-8;1-2-4-5-3-1;;/h2-10,18-19H,11-14H2,1H3,(H,23,24);1-5,10-11,15H,6-8H2,(H,16,17);2-5H,6H2,1H3;1-4H2;;/q;;;;+1;-1/t18-,19+;10-,11+;;;;/m11..../s1. The fraction of sp³-hybridized carbons (Fsp3) is 0.391. The maximum absolute atomic E-state index is 12.4. The number of β-amino-alcohol motifs (C(OH)–C–C–N with tert-alkyl or cyclic N) is 1. The van der Waals surface area contributed by atoms with E-state index in [1.807, 2.05) is 97.1 Å². The van der Waals surface area contributed by atoms with E-state index < -0.39 is 42.3 Å². The molecule has 3 heterocycles. The molecule has 3 saturated heterocycles. The number of amides is 2. The molecule has 17 heteroatoms. The molecule has 3 N–H and O–H groups in total. The number of benzene rings is 4. The normalized spacial score (nSPS) is 18.4. The van der Waals surface area contributed by atoms with Crippen LogP contribution in [0.15, 0.2) is 109 Å². The first kappa shape index (κ1) is 52.5. The minimum Gasteiger partial charge on any atom is -1.00 e. The van der Waals surface area contributed by atoms with Crippen LogP contribution in [0.25, 0.3) is 0 Å². The van der Waals surface area contributed by atoms with Crippen LogP contribution in [-0.4, -0.2) is 114 Å². The van der Waals surface area contributed by atoms with Gasteiger partial charge in [0.25, 0.3) is 0 Å². The van der Waals surface area contributed by atoms with Gasteiger partial charge in [-0.25, -0.2) is 19.2 Å². The summed E-state index contributed by atoms with van der Waals surface area (Å²) in [5, 5.41) is 27.9. The van der Waals surface area contributed by atoms with Gasteiger partial charge in [-0.05, 0) is 59.4 Å². The summed E-state index contributed by atoms with van der Waals surface area (Å²) < 4.78 is 31.2. The number of carbonyl (C=O) groups excluding carboxylic acids is 2. The van der Waals surface area contributed by atoms with E-state index in [4.69, 9.17) is 45.1 Å². The number of methoxy groups -OCH3 is 2. The Morgan fingerprint density at radius 3 is 1.48 bits per heavy atom. The summed E-state index contributed by atoms with van der Waals surface area (Å²) in [6.45, 7) is 2.68. The Bertz CT molecular complexity index is 1920. The zero-order valence-corrected chi connectivity index (χ0v) is 38.6. The minimum atomic E-state index is -1.13. The van der Waals surface area contributed by atoms with Crippen molar-refractivity contribution in [2.24, 2.45) is 0 Å². The molecule has 0 saturated carbocycles. The van der Waals surface area contributed by atoms with E-state index in [0.29, 0.717) is 12.5 Å². The van der Waals surface area contributed by atoms with E-state index in [2.05, 4.69) is 0 Å². The molecule has 3 aliphatic rings. The maximum Gasteiger partial charge on any atom is 1.00 e. The zero-order chi connectivity index (χ0) is 44.7. The van der Waals surface area contributed by atoms with E-state index in [-0.39, 0.29) is 76.2 Å². The summed E-state index contributed by atoms with van der Waals surface area (Å²) in [6, 6.07) is 31.5. The molecular weight excluding hydrogens is 847 g/mol. The zero-order valence-electron chi connectivity index (χ0n) is 36.9. The van der Waals surface area contributed by atoms with Gasteiger partial charge in [0, 0.05) is 31.9 Å². The molecule has 336 valence electrons. The summed E-state index contributed by atoms with van der Waals surface area (Å²) >= 11 is 5.58. The number of aliphatic carboxylic acids is 2. The summed E-state index contributed by atoms with van der Waals surface area (Å²) in [4.78, 5) is 49.0. The Balaban J connectivity index is 0.000000335. The van der Waals surface area contributed by atoms with Crippen molar-refractivity contribution >= 4 is 35.7 Å². The molecule has 4 aromatic rings. The van der Waals surface area contributed by atoms with Crippen LogP contribution in [0.2, 0.25) is 0 Å². The number of nitrogens with zero attached hydrogens (tertiary/aromatic N) is 2. The monoisotopic (exact) mass is 902 g/mol. The van der Waals surface area contributed by atoms with Crippen molar-refractivity contribution in [3.8, 4) is 11.5 Å². The number of aliphatic hydroxyl groups excluding tert-OH is 1. The summed E-state index contributed by atoms with van der Waals surface area (Å²) in [5.74, 6) is -0.0125. The molecule has 0 aromatic heterocycles. The van der Waals surface area contributed by atoms with Crippen LogP contribution in [0.1, 0.15) is 49.4 Å². The van der Waals surface area contributed by atoms with Crippen molar-refractivity contribution in [1.82, 2.24) is 9.80 Å². The van der Waals surface area contributed by atoms with E-state index in [9.17, 15) is 29.4 Å². The van der Waals surface area contributed by atoms with E-state index >= 15 is 0 Å². The first-order chi connectivity index (χ1) is 30.0. The van der Waals surface area contributed by atoms with Gasteiger partial charge in [0.05, 0.1) is 46.1 Å². The number of aliphatic hydroxyl groups is 1. The van der Waals surface area contributed by atoms with Gasteiger partial charge in [-0.3, -0.25) is 9.80 Å². The largest absolute Gasteiger partial charge is 1.00 e. The molecule has 3 fully saturated rings. The van der Waals surface area contributed by atoms with Crippen LogP contribution in [0.3, 0.4) is 0 Å². The molecule has 15 nitrogen and oxygen atoms in total. The second-order valence-corrected chi connectivity index (χ2v) is 14.6. The van der Waals surface area contributed by atoms with Crippen molar-refractivity contribution in [2.75, 3.05) is 40.5 Å². The molecule has 4 aromatic carbocycles. The van der Waals surface area contributed by atoms with Crippen LogP contribution in [0, 0.1) is 0 Å². The Morgan fingerprint density at radius 1 is 0.635 bits per heavy atom. The smallest absolute Gasteiger partial charge is 1.00 e. The summed E-state index contributed by atoms with van der Waals surface area (Å²) in [6.07, 6.45) is 0.277. The SMILES string of the molecule is C1CCOC1.COc1ccc(CCl)cc1.COc1ccc(CO[C@@H]2C[C@@H](C(=O)O)N(C(=O)OCc3ccccc3)C2)cc1.O=C(O)[C@@H]1C[C@@H](O)CN1C(=O)OCc1ccccc1.[H-].[Na+]. The number of likely N-dealkylation sites (tertiary alicyclic amines) is 2. The van der Waals surface area contributed by atoms with Gasteiger partial charge in [0.1, 0.15) is 36.8 Å². The minimum absolute atomic E-state index is 0. The summed E-state index contributed by atoms with van der Waals surface area (Å²) in [7, 11) is 3.25. The fourth-order valence-corrected chi connectivity index (χ4v) is 6.55. The molecular formula is C46H56ClN2NaO13. The van der Waals surface area contributed by atoms with Crippen LogP contribution in [0.4, 0.5) is 9.59 Å². The average molecular weight is 903 g/mol. The number of ether oxygens (including phenoxy) is 6. The molecule has 0 radical (unpaired) electrons. The average Bonchev–Trinajstić information content (AvgIpc) is 4.11. The van der Waals surface area contributed by atoms with Crippen LogP contribution < -0.4 is 39.0 Å². The van der Waals surface area contributed by atoms with E-state index in [1.54, 1.807) is 26.4 Å². The van der Waals surface area contributed by atoms with Crippen LogP contribution in [0.5, 0.6) is 11.5 Å². The van der Waals surface area contributed by atoms with Crippen LogP contribution in [-0.2, 0) is 54.2 Å². The van der Waals surface area contributed by atoms with Crippen molar-refractivity contribution < 1.29 is 93.9 Å². The Morgan fingerprint density at radius 2 is 1.06 bits per heavy atom. The van der Waals surface area contributed by atoms with Gasteiger partial charge in [-0.15, -0.1) is 11.6 Å². The summed E-state index contributed by atoms with van der Waals surface area (Å²) in [5.41, 5.74) is 3.72. The maximum atomic E-state index is 12.4. The number of carbonyl (C=O) groups is 4. The van der Waals surface area contributed by atoms with Gasteiger partial charge in [0.2, 0.25) is 0 Å². The van der Waals surface area contributed by atoms with Gasteiger partial charge in [0.15, 0.2) is 0 Å². The quantitative estimate of drug-likeness (QED) is 0.135. The molecule has 0 bridgehead atoms. The third-order valence-corrected chi connectivity index (χ3v) is 10.1. The third kappa shape index (κ3) is 18.4. The number of halogens is 1. The Kier molecular flexibility index (Phi) is 23.9. The molecule has 7 rings (SSSR count). The topological polar surface area (TPSA) is 191 Å². The molecule has 2 amide bonds. The molecule has 4 atom stereocenters. The number of carboxylic acid groups (broad SMARTS) is 2. The number of rotatable bonds is 12. The van der Waals surface area contributed by atoms with Crippen molar-refractivity contribution in [3.63, 3.8) is 0 Å². The van der Waals surface area contributed by atoms with Gasteiger partial charge < -0.3 is 45.2 Å². The Hall–Kier alpha value is -4.87. The number of hydrogen-bond donors (Lipinski definition) is 3. The van der Waals surface area contributed by atoms with Crippen LogP contribution >= 0.6 is 11.6 Å². The van der Waals surface area contributed by atoms with E-state index in [0.717, 1.165) is 51.9 Å². The van der Waals surface area contributed by atoms with Crippen molar-refractivity contribution in [2.45, 2.75) is 75.7 Å². The first-order valence-electron chi connectivity index (χ1n) is 20.1. The first-order valence-corrected chi connectivity index (χ1v) is 20.6. The predicted octanol–water partition coefficient (Wildman–Crippen LogP) is 4.27. The van der Waals surface area contributed by atoms with Crippen molar-refractivity contribution in [1.29, 1.82) is 0 Å². The fourth-order valence-electron chi connectivity index (χ4n) is 6.37. The predicted molar refractivity (Wildman–Crippen MR) is 230 cm³/mol. The number of alkyl halides is 1. The third-order valence-electron chi connectivity index (χ3n) is 9.78. The van der Waals surface area contributed by atoms with E-state index in [1.165, 1.54) is 17.7 Å². The second kappa shape index (κ2) is 28.7. The second-order valence-electron chi connectivity index (χ2n) is 14.3. The molecule has 63 heavy (non-hydrogen) atoms. The number of carboxylic acids is 2. The molecule has 3 aliphatic heterocycles. The molecule has 0 unspecified atom stereocenters. The molecule has 0 spiro atoms. The van der Waals surface area contributed by atoms with Gasteiger partial charge >= 0.3 is 53.7 Å². The van der Waals surface area contributed by atoms with Gasteiger partial charge in [-0.2, -0.15) is 0 Å².